The Morgan fingerprint density at radius 3 is 2.50 bits per heavy atom. The van der Waals surface area contributed by atoms with Gasteiger partial charge in [-0.1, -0.05) is 61.9 Å². The van der Waals surface area contributed by atoms with E-state index in [9.17, 15) is 14.9 Å². The molecule has 188 valence electrons. The molecule has 2 heterocycles. The van der Waals surface area contributed by atoms with E-state index in [0.717, 1.165) is 41.3 Å². The summed E-state index contributed by atoms with van der Waals surface area (Å²) < 4.78 is 2.03. The molecule has 4 aromatic rings. The Labute approximate surface area is 226 Å². The van der Waals surface area contributed by atoms with E-state index >= 15 is 0 Å². The Morgan fingerprint density at radius 2 is 1.74 bits per heavy atom. The second-order valence-corrected chi connectivity index (χ2v) is 9.61. The second-order valence-electron chi connectivity index (χ2n) is 9.23. The van der Waals surface area contributed by atoms with Gasteiger partial charge in [-0.15, -0.1) is 0 Å². The van der Waals surface area contributed by atoms with Crippen LogP contribution in [0.25, 0.3) is 17.0 Å². The number of nitrogens with zero attached hydrogens (tertiary/aromatic N) is 3. The molecule has 3 aromatic carbocycles. The summed E-state index contributed by atoms with van der Waals surface area (Å²) in [6.07, 6.45) is 6.71. The third kappa shape index (κ3) is 4.86. The monoisotopic (exact) mass is 518 g/mol. The van der Waals surface area contributed by atoms with Crippen LogP contribution >= 0.6 is 12.2 Å². The van der Waals surface area contributed by atoms with E-state index < -0.39 is 11.8 Å². The number of para-hydroxylation sites is 1. The molecule has 0 bridgehead atoms. The van der Waals surface area contributed by atoms with E-state index in [1.54, 1.807) is 12.1 Å². The number of nitrogens with one attached hydrogen (secondary N) is 1. The molecule has 0 atom stereocenters. The van der Waals surface area contributed by atoms with Gasteiger partial charge >= 0.3 is 0 Å². The normalized spacial score (nSPS) is 14.7. The number of aryl methyl sites for hydroxylation is 1. The van der Waals surface area contributed by atoms with Crippen LogP contribution in [0, 0.1) is 11.3 Å². The predicted octanol–water partition coefficient (Wildman–Crippen LogP) is 5.74. The Kier molecular flexibility index (Phi) is 7.16. The first-order chi connectivity index (χ1) is 18.5. The Hall–Kier alpha value is -4.54. The van der Waals surface area contributed by atoms with Gasteiger partial charge in [0.25, 0.3) is 11.8 Å². The number of thiocarbonyl (C=S) groups is 1. The molecule has 5 rings (SSSR count). The minimum absolute atomic E-state index is 0.00832. The lowest BCUT2D eigenvalue weighted by molar-refractivity contribution is -0.122. The van der Waals surface area contributed by atoms with Gasteiger partial charge in [-0.3, -0.25) is 19.8 Å². The number of hydrogen-bond donors (Lipinski definition) is 1. The average Bonchev–Trinajstić information content (AvgIpc) is 3.27. The molecule has 0 aliphatic carbocycles. The van der Waals surface area contributed by atoms with Crippen LogP contribution in [-0.4, -0.2) is 21.5 Å². The largest absolute Gasteiger partial charge is 0.342 e. The van der Waals surface area contributed by atoms with E-state index in [2.05, 4.69) is 18.3 Å². The van der Waals surface area contributed by atoms with Gasteiger partial charge in [0.15, 0.2) is 5.11 Å². The SMILES string of the molecule is CCCCc1ccc(N2C(=O)/C(=C\c3cn(Cc4ccccc4C#N)c4ccccc34)C(=O)NC2=S)cc1. The number of benzene rings is 3. The first kappa shape index (κ1) is 25.1. The van der Waals surface area contributed by atoms with Crippen LogP contribution in [0.5, 0.6) is 0 Å². The van der Waals surface area contributed by atoms with Crippen LogP contribution in [0.4, 0.5) is 5.69 Å². The Morgan fingerprint density at radius 1 is 1.00 bits per heavy atom. The predicted molar refractivity (Wildman–Crippen MR) is 153 cm³/mol. The third-order valence-corrected chi connectivity index (χ3v) is 7.00. The molecule has 1 aliphatic heterocycles. The van der Waals surface area contributed by atoms with Gasteiger partial charge < -0.3 is 4.57 Å². The van der Waals surface area contributed by atoms with E-state index in [-0.39, 0.29) is 10.7 Å². The minimum atomic E-state index is -0.525. The average molecular weight is 519 g/mol. The highest BCUT2D eigenvalue weighted by molar-refractivity contribution is 7.80. The van der Waals surface area contributed by atoms with Crippen molar-refractivity contribution >= 4 is 51.8 Å². The van der Waals surface area contributed by atoms with E-state index in [4.69, 9.17) is 12.2 Å². The van der Waals surface area contributed by atoms with E-state index in [1.807, 2.05) is 77.5 Å². The van der Waals surface area contributed by atoms with Crippen LogP contribution in [0.2, 0.25) is 0 Å². The molecule has 1 fully saturated rings. The topological polar surface area (TPSA) is 78.1 Å². The van der Waals surface area contributed by atoms with Crippen molar-refractivity contribution in [2.24, 2.45) is 0 Å². The van der Waals surface area contributed by atoms with Gasteiger partial charge in [-0.2, -0.15) is 5.26 Å². The molecule has 2 amide bonds. The number of aromatic nitrogens is 1. The molecule has 0 spiro atoms. The molecule has 1 aromatic heterocycles. The van der Waals surface area contributed by atoms with Crippen LogP contribution < -0.4 is 10.2 Å². The van der Waals surface area contributed by atoms with Crippen molar-refractivity contribution in [3.05, 3.63) is 107 Å². The molecule has 7 heteroatoms. The van der Waals surface area contributed by atoms with Gasteiger partial charge in [0.2, 0.25) is 0 Å². The van der Waals surface area contributed by atoms with Crippen LogP contribution in [-0.2, 0) is 22.6 Å². The number of anilines is 1. The first-order valence-electron chi connectivity index (χ1n) is 12.6. The van der Waals surface area contributed by atoms with Gasteiger partial charge in [-0.25, -0.2) is 0 Å². The lowest BCUT2D eigenvalue weighted by Gasteiger charge is -2.29. The lowest BCUT2D eigenvalue weighted by atomic mass is 10.1. The molecular weight excluding hydrogens is 492 g/mol. The molecule has 0 unspecified atom stereocenters. The summed E-state index contributed by atoms with van der Waals surface area (Å²) in [6, 6.07) is 25.2. The fourth-order valence-corrected chi connectivity index (χ4v) is 4.99. The van der Waals surface area contributed by atoms with Crippen molar-refractivity contribution in [3.63, 3.8) is 0 Å². The molecule has 0 saturated carbocycles. The summed E-state index contributed by atoms with van der Waals surface area (Å²) in [5, 5.41) is 13.2. The second kappa shape index (κ2) is 10.8. The fourth-order valence-electron chi connectivity index (χ4n) is 4.71. The zero-order valence-corrected chi connectivity index (χ0v) is 21.8. The van der Waals surface area contributed by atoms with Gasteiger partial charge in [-0.05, 0) is 66.5 Å². The molecule has 1 aliphatic rings. The van der Waals surface area contributed by atoms with E-state index in [1.165, 1.54) is 10.5 Å². The lowest BCUT2D eigenvalue weighted by Crippen LogP contribution is -2.54. The summed E-state index contributed by atoms with van der Waals surface area (Å²) >= 11 is 5.38. The van der Waals surface area contributed by atoms with Crippen molar-refractivity contribution in [1.82, 2.24) is 9.88 Å². The molecule has 1 saturated heterocycles. The van der Waals surface area contributed by atoms with Crippen LogP contribution in [0.15, 0.2) is 84.6 Å². The molecule has 0 radical (unpaired) electrons. The van der Waals surface area contributed by atoms with Crippen LogP contribution in [0.3, 0.4) is 0 Å². The summed E-state index contributed by atoms with van der Waals surface area (Å²) in [7, 11) is 0. The van der Waals surface area contributed by atoms with Crippen molar-refractivity contribution in [1.29, 1.82) is 5.26 Å². The zero-order valence-electron chi connectivity index (χ0n) is 21.0. The summed E-state index contributed by atoms with van der Waals surface area (Å²) in [5.74, 6) is -0.991. The number of hydrogen-bond acceptors (Lipinski definition) is 4. The maximum absolute atomic E-state index is 13.6. The number of carbonyl (C=O) groups is 2. The number of nitriles is 1. The molecule has 6 nitrogen and oxygen atoms in total. The van der Waals surface area contributed by atoms with Gasteiger partial charge in [0, 0.05) is 29.2 Å². The maximum atomic E-state index is 13.6. The minimum Gasteiger partial charge on any atom is -0.342 e. The standard InChI is InChI=1S/C31H26N4O2S/c1-2-3-8-21-13-15-25(16-14-21)35-30(37)27(29(36)33-31(35)38)17-24-20-34(28-12-7-6-11-26(24)28)19-23-10-5-4-9-22(23)18-32/h4-7,9-17,20H,2-3,8,19H2,1H3,(H,33,36,38)/b27-17-. The van der Waals surface area contributed by atoms with Crippen LogP contribution in [0.1, 0.15) is 42.0 Å². The van der Waals surface area contributed by atoms with Crippen molar-refractivity contribution in [2.75, 3.05) is 4.90 Å². The summed E-state index contributed by atoms with van der Waals surface area (Å²) in [4.78, 5) is 27.9. The van der Waals surface area contributed by atoms with Crippen molar-refractivity contribution < 1.29 is 9.59 Å². The summed E-state index contributed by atoms with van der Waals surface area (Å²) in [5.41, 5.74) is 4.98. The number of unbranched alkanes of at least 4 members (excludes halogenated alkanes) is 1. The van der Waals surface area contributed by atoms with E-state index in [0.29, 0.717) is 17.8 Å². The number of fused-ring (bicyclic) bond motifs is 1. The quantitative estimate of drug-likeness (QED) is 0.192. The highest BCUT2D eigenvalue weighted by Crippen LogP contribution is 2.28. The van der Waals surface area contributed by atoms with Gasteiger partial charge in [0.05, 0.1) is 17.3 Å². The van der Waals surface area contributed by atoms with Crippen molar-refractivity contribution in [3.8, 4) is 6.07 Å². The first-order valence-corrected chi connectivity index (χ1v) is 13.0. The smallest absolute Gasteiger partial charge is 0.270 e. The number of carbonyl (C=O) groups excluding carboxylic acids is 2. The van der Waals surface area contributed by atoms with Gasteiger partial charge in [0.1, 0.15) is 5.57 Å². The highest BCUT2D eigenvalue weighted by Gasteiger charge is 2.34. The number of amides is 2. The Balaban J connectivity index is 1.51. The number of rotatable bonds is 7. The highest BCUT2D eigenvalue weighted by atomic mass is 32.1. The van der Waals surface area contributed by atoms with Crippen molar-refractivity contribution in [2.45, 2.75) is 32.7 Å². The Bertz CT molecular complexity index is 1630. The molecular formula is C31H26N4O2S. The summed E-state index contributed by atoms with van der Waals surface area (Å²) in [6.45, 7) is 2.63. The maximum Gasteiger partial charge on any atom is 0.270 e. The zero-order chi connectivity index (χ0) is 26.6. The fraction of sp³-hybridized carbons (Fsp3) is 0.161. The third-order valence-electron chi connectivity index (χ3n) is 6.71. The molecule has 1 N–H and O–H groups in total. The molecule has 38 heavy (non-hydrogen) atoms.